The summed E-state index contributed by atoms with van der Waals surface area (Å²) in [7, 11) is 2.24. The molecule has 1 aliphatic heterocycles. The lowest BCUT2D eigenvalue weighted by Crippen LogP contribution is -2.50. The van der Waals surface area contributed by atoms with E-state index >= 15 is 0 Å². The molecule has 0 N–H and O–H groups in total. The monoisotopic (exact) mass is 376 g/mol. The van der Waals surface area contributed by atoms with Crippen LogP contribution >= 0.6 is 0 Å². The second kappa shape index (κ2) is 6.19. The minimum Gasteiger partial charge on any atom is -0.330 e. The van der Waals surface area contributed by atoms with Crippen LogP contribution < -0.4 is 0 Å². The number of piperidine rings is 1. The van der Waals surface area contributed by atoms with Crippen LogP contribution in [0, 0.1) is 23.2 Å². The standard InChI is InChI=1S/C25H32N2O/c1-26-9-5-4-8-23(26)27-16-21(20-6-2-3-7-22(20)27)24(28)25-13-17-10-18(14-25)12-19(11-17)15-25/h2-3,6-7,16-19,23H,4-5,8-15H2,1H3. The summed E-state index contributed by atoms with van der Waals surface area (Å²) in [5.74, 6) is 2.91. The SMILES string of the molecule is CN1CCCCC1n1cc(C(=O)C23CC4CC(CC(C4)C2)C3)c2ccccc21. The molecule has 4 saturated carbocycles. The Bertz CT molecular complexity index is 890. The van der Waals surface area contributed by atoms with Crippen molar-refractivity contribution in [1.29, 1.82) is 0 Å². The van der Waals surface area contributed by atoms with Crippen LogP contribution in [0.15, 0.2) is 30.5 Å². The van der Waals surface area contributed by atoms with Crippen LogP contribution in [-0.2, 0) is 0 Å². The van der Waals surface area contributed by atoms with Gasteiger partial charge in [0.2, 0.25) is 0 Å². The van der Waals surface area contributed by atoms with Gasteiger partial charge in [0.1, 0.15) is 0 Å². The van der Waals surface area contributed by atoms with Gasteiger partial charge in [0.15, 0.2) is 5.78 Å². The molecule has 1 atom stereocenters. The molecule has 0 spiro atoms. The molecule has 2 aromatic rings. The number of rotatable bonds is 3. The van der Waals surface area contributed by atoms with E-state index in [0.29, 0.717) is 11.9 Å². The maximum atomic E-state index is 14.1. The quantitative estimate of drug-likeness (QED) is 0.646. The Hall–Kier alpha value is -1.61. The normalized spacial score (nSPS) is 37.6. The first-order valence-corrected chi connectivity index (χ1v) is 11.5. The summed E-state index contributed by atoms with van der Waals surface area (Å²) in [4.78, 5) is 16.5. The lowest BCUT2D eigenvalue weighted by Gasteiger charge is -2.55. The number of ketones is 1. The van der Waals surface area contributed by atoms with Crippen LogP contribution in [0.4, 0.5) is 0 Å². The molecule has 4 aliphatic carbocycles. The number of para-hydroxylation sites is 1. The summed E-state index contributed by atoms with van der Waals surface area (Å²) in [6, 6.07) is 8.63. The van der Waals surface area contributed by atoms with E-state index in [1.165, 1.54) is 49.4 Å². The van der Waals surface area contributed by atoms with Crippen LogP contribution in [0.5, 0.6) is 0 Å². The summed E-state index contributed by atoms with van der Waals surface area (Å²) in [6.45, 7) is 1.15. The zero-order valence-electron chi connectivity index (χ0n) is 17.1. The summed E-state index contributed by atoms with van der Waals surface area (Å²) in [6.07, 6.45) is 14.0. The molecule has 2 heterocycles. The Morgan fingerprint density at radius 3 is 2.36 bits per heavy atom. The number of aromatic nitrogens is 1. The van der Waals surface area contributed by atoms with Gasteiger partial charge < -0.3 is 4.57 Å². The van der Waals surface area contributed by atoms with E-state index in [1.807, 2.05) is 0 Å². The summed E-state index contributed by atoms with van der Waals surface area (Å²) in [5.41, 5.74) is 2.20. The Labute approximate surface area is 168 Å². The van der Waals surface area contributed by atoms with Gasteiger partial charge in [-0.2, -0.15) is 0 Å². The topological polar surface area (TPSA) is 25.2 Å². The molecule has 1 unspecified atom stereocenters. The lowest BCUT2D eigenvalue weighted by atomic mass is 9.48. The number of Topliss-reactive ketones (excluding diaryl/α,β-unsaturated/α-hetero) is 1. The molecule has 3 heteroatoms. The van der Waals surface area contributed by atoms with Crippen LogP contribution in [-0.4, -0.2) is 28.8 Å². The summed E-state index contributed by atoms with van der Waals surface area (Å²) >= 11 is 0. The minimum atomic E-state index is -0.0534. The van der Waals surface area contributed by atoms with Crippen molar-refractivity contribution < 1.29 is 4.79 Å². The molecule has 0 radical (unpaired) electrons. The van der Waals surface area contributed by atoms with Gasteiger partial charge >= 0.3 is 0 Å². The van der Waals surface area contributed by atoms with Crippen LogP contribution in [0.2, 0.25) is 0 Å². The van der Waals surface area contributed by atoms with Gasteiger partial charge in [0, 0.05) is 22.6 Å². The van der Waals surface area contributed by atoms with E-state index in [4.69, 9.17) is 0 Å². The second-order valence-electron chi connectivity index (χ2n) is 10.5. The fourth-order valence-electron chi connectivity index (χ4n) is 7.72. The third-order valence-corrected chi connectivity index (χ3v) is 8.56. The Kier molecular flexibility index (Phi) is 3.82. The molecule has 148 valence electrons. The minimum absolute atomic E-state index is 0.0534. The molecule has 1 saturated heterocycles. The number of hydrogen-bond donors (Lipinski definition) is 0. The van der Waals surface area contributed by atoms with Gasteiger partial charge in [0.05, 0.1) is 11.7 Å². The van der Waals surface area contributed by atoms with Crippen molar-refractivity contribution >= 4 is 16.7 Å². The van der Waals surface area contributed by atoms with Crippen LogP contribution in [0.3, 0.4) is 0 Å². The van der Waals surface area contributed by atoms with Crippen molar-refractivity contribution in [2.24, 2.45) is 23.2 Å². The van der Waals surface area contributed by atoms with Crippen LogP contribution in [0.1, 0.15) is 74.3 Å². The first kappa shape index (κ1) is 17.3. The van der Waals surface area contributed by atoms with E-state index in [1.54, 1.807) is 0 Å². The number of carbonyl (C=O) groups is 1. The van der Waals surface area contributed by atoms with Gasteiger partial charge in [-0.3, -0.25) is 9.69 Å². The molecule has 5 fully saturated rings. The van der Waals surface area contributed by atoms with E-state index in [-0.39, 0.29) is 5.41 Å². The Morgan fingerprint density at radius 2 is 1.68 bits per heavy atom. The second-order valence-corrected chi connectivity index (χ2v) is 10.5. The number of fused-ring (bicyclic) bond motifs is 1. The number of likely N-dealkylation sites (tertiary alicyclic amines) is 1. The van der Waals surface area contributed by atoms with Gasteiger partial charge in [-0.05, 0) is 95.2 Å². The van der Waals surface area contributed by atoms with Crippen molar-refractivity contribution in [3.05, 3.63) is 36.0 Å². The smallest absolute Gasteiger partial charge is 0.171 e. The van der Waals surface area contributed by atoms with Gasteiger partial charge in [-0.25, -0.2) is 0 Å². The predicted molar refractivity (Wildman–Crippen MR) is 112 cm³/mol. The average Bonchev–Trinajstić information content (AvgIpc) is 3.06. The highest BCUT2D eigenvalue weighted by atomic mass is 16.1. The summed E-state index contributed by atoms with van der Waals surface area (Å²) in [5, 5.41) is 1.18. The van der Waals surface area contributed by atoms with Gasteiger partial charge in [-0.15, -0.1) is 0 Å². The first-order valence-electron chi connectivity index (χ1n) is 11.5. The maximum Gasteiger partial charge on any atom is 0.171 e. The molecule has 4 bridgehead atoms. The molecule has 1 aromatic heterocycles. The number of hydrogen-bond acceptors (Lipinski definition) is 2. The van der Waals surface area contributed by atoms with E-state index < -0.39 is 0 Å². The highest BCUT2D eigenvalue weighted by Crippen LogP contribution is 2.61. The number of benzene rings is 1. The van der Waals surface area contributed by atoms with Crippen molar-refractivity contribution in [3.8, 4) is 0 Å². The molecule has 5 aliphatic rings. The molecule has 1 aromatic carbocycles. The third kappa shape index (κ3) is 2.48. The van der Waals surface area contributed by atoms with Crippen molar-refractivity contribution in [1.82, 2.24) is 9.47 Å². The Morgan fingerprint density at radius 1 is 1.00 bits per heavy atom. The highest BCUT2D eigenvalue weighted by molar-refractivity contribution is 6.11. The molecule has 3 nitrogen and oxygen atoms in total. The number of nitrogens with zero attached hydrogens (tertiary/aromatic N) is 2. The predicted octanol–water partition coefficient (Wildman–Crippen LogP) is 5.65. The van der Waals surface area contributed by atoms with E-state index in [2.05, 4.69) is 47.0 Å². The lowest BCUT2D eigenvalue weighted by molar-refractivity contribution is -0.0352. The zero-order chi connectivity index (χ0) is 18.9. The van der Waals surface area contributed by atoms with Gasteiger partial charge in [-0.1, -0.05) is 18.2 Å². The highest BCUT2D eigenvalue weighted by Gasteiger charge is 2.54. The van der Waals surface area contributed by atoms with Gasteiger partial charge in [0.25, 0.3) is 0 Å². The van der Waals surface area contributed by atoms with E-state index in [0.717, 1.165) is 49.1 Å². The average molecular weight is 377 g/mol. The largest absolute Gasteiger partial charge is 0.330 e. The van der Waals surface area contributed by atoms with Crippen LogP contribution in [0.25, 0.3) is 10.9 Å². The molecular formula is C25H32N2O. The Balaban J connectivity index is 1.44. The molecule has 0 amide bonds. The number of carbonyl (C=O) groups excluding carboxylic acids is 1. The zero-order valence-corrected chi connectivity index (χ0v) is 17.1. The van der Waals surface area contributed by atoms with Crippen molar-refractivity contribution in [2.75, 3.05) is 13.6 Å². The van der Waals surface area contributed by atoms with Crippen molar-refractivity contribution in [2.45, 2.75) is 64.0 Å². The first-order chi connectivity index (χ1) is 13.6. The molecule has 28 heavy (non-hydrogen) atoms. The van der Waals surface area contributed by atoms with Crippen molar-refractivity contribution in [3.63, 3.8) is 0 Å². The molecular weight excluding hydrogens is 344 g/mol. The maximum absolute atomic E-state index is 14.1. The third-order valence-electron chi connectivity index (χ3n) is 8.56. The fourth-order valence-corrected chi connectivity index (χ4v) is 7.72. The fraction of sp³-hybridized carbons (Fsp3) is 0.640. The van der Waals surface area contributed by atoms with E-state index in [9.17, 15) is 4.79 Å². The molecule has 7 rings (SSSR count). The summed E-state index contributed by atoms with van der Waals surface area (Å²) < 4.78 is 2.42.